The number of benzene rings is 1. The molecule has 5 nitrogen and oxygen atoms in total. The number of likely N-dealkylation sites (tertiary alicyclic amines) is 1. The zero-order valence-electron chi connectivity index (χ0n) is 17.2. The second-order valence-electron chi connectivity index (χ2n) is 8.40. The Morgan fingerprint density at radius 1 is 1.22 bits per heavy atom. The fourth-order valence-electron chi connectivity index (χ4n) is 5.73. The van der Waals surface area contributed by atoms with Crippen LogP contribution in [0.5, 0.6) is 0 Å². The first-order chi connectivity index (χ1) is 13.1. The molecule has 1 aliphatic carbocycles. The van der Waals surface area contributed by atoms with Crippen LogP contribution in [0.15, 0.2) is 18.2 Å². The maximum atomic E-state index is 12.6. The quantitative estimate of drug-likeness (QED) is 0.852. The zero-order chi connectivity index (χ0) is 19.1. The fraction of sp³-hybridized carbons (Fsp3) is 0.682. The van der Waals surface area contributed by atoms with E-state index >= 15 is 0 Å². The van der Waals surface area contributed by atoms with Crippen molar-refractivity contribution in [1.82, 2.24) is 15.1 Å². The molecule has 1 aromatic carbocycles. The zero-order valence-corrected chi connectivity index (χ0v) is 17.2. The lowest BCUT2D eigenvalue weighted by Crippen LogP contribution is -2.57. The van der Waals surface area contributed by atoms with Crippen LogP contribution < -0.4 is 10.6 Å². The number of hydrogen-bond acceptors (Lipinski definition) is 3. The third-order valence-electron chi connectivity index (χ3n) is 7.10. The maximum Gasteiger partial charge on any atom is 0.317 e. The van der Waals surface area contributed by atoms with Gasteiger partial charge in [-0.1, -0.05) is 19.1 Å². The van der Waals surface area contributed by atoms with Gasteiger partial charge in [0.15, 0.2) is 0 Å². The van der Waals surface area contributed by atoms with Crippen molar-refractivity contribution in [2.45, 2.75) is 70.5 Å². The first kappa shape index (κ1) is 18.6. The number of urea groups is 1. The molecule has 0 bridgehead atoms. The summed E-state index contributed by atoms with van der Waals surface area (Å²) >= 11 is 0. The van der Waals surface area contributed by atoms with Crippen LogP contribution in [0.25, 0.3) is 0 Å². The Kier molecular flexibility index (Phi) is 5.06. The van der Waals surface area contributed by atoms with Crippen molar-refractivity contribution in [3.8, 4) is 0 Å². The molecule has 0 radical (unpaired) electrons. The molecule has 1 unspecified atom stereocenters. The molecule has 1 fully saturated rings. The highest BCUT2D eigenvalue weighted by Gasteiger charge is 2.46. The van der Waals surface area contributed by atoms with Gasteiger partial charge in [0.25, 0.3) is 0 Å². The molecule has 0 aromatic heterocycles. The van der Waals surface area contributed by atoms with E-state index in [1.54, 1.807) is 5.56 Å². The van der Waals surface area contributed by atoms with Gasteiger partial charge in [-0.15, -0.1) is 0 Å². The van der Waals surface area contributed by atoms with E-state index in [2.05, 4.69) is 47.6 Å². The summed E-state index contributed by atoms with van der Waals surface area (Å²) in [6, 6.07) is 8.18. The van der Waals surface area contributed by atoms with Gasteiger partial charge in [-0.2, -0.15) is 0 Å². The van der Waals surface area contributed by atoms with E-state index < -0.39 is 0 Å². The van der Waals surface area contributed by atoms with Crippen molar-refractivity contribution in [2.24, 2.45) is 0 Å². The minimum absolute atomic E-state index is 0.0850. The van der Waals surface area contributed by atoms with Gasteiger partial charge in [0.05, 0.1) is 0 Å². The van der Waals surface area contributed by atoms with Crippen LogP contribution in [0.1, 0.15) is 63.5 Å². The Balaban J connectivity index is 1.60. The van der Waals surface area contributed by atoms with Crippen LogP contribution in [0.4, 0.5) is 10.5 Å². The highest BCUT2D eigenvalue weighted by Crippen LogP contribution is 2.52. The molecule has 0 saturated carbocycles. The molecule has 1 aromatic rings. The Hall–Kier alpha value is -1.75. The fourth-order valence-corrected chi connectivity index (χ4v) is 5.73. The molecule has 4 rings (SSSR count). The lowest BCUT2D eigenvalue weighted by atomic mass is 9.68. The third-order valence-corrected chi connectivity index (χ3v) is 7.10. The summed E-state index contributed by atoms with van der Waals surface area (Å²) in [5.74, 6) is 1.13. The second kappa shape index (κ2) is 7.34. The Morgan fingerprint density at radius 2 is 2.00 bits per heavy atom. The molecular weight excluding hydrogens is 336 g/mol. The van der Waals surface area contributed by atoms with E-state index in [1.807, 2.05) is 18.7 Å². The third kappa shape index (κ3) is 3.10. The van der Waals surface area contributed by atoms with E-state index in [0.717, 1.165) is 32.6 Å². The van der Waals surface area contributed by atoms with Crippen LogP contribution in [0, 0.1) is 0 Å². The lowest BCUT2D eigenvalue weighted by Gasteiger charge is -2.49. The van der Waals surface area contributed by atoms with Crippen LogP contribution in [-0.2, 0) is 0 Å². The normalized spacial score (nSPS) is 31.6. The summed E-state index contributed by atoms with van der Waals surface area (Å²) in [6.07, 6.45) is 2.28. The van der Waals surface area contributed by atoms with E-state index in [4.69, 9.17) is 0 Å². The molecule has 2 aliphatic heterocycles. The summed E-state index contributed by atoms with van der Waals surface area (Å²) in [7, 11) is 0. The number of nitrogens with zero attached hydrogens (tertiary/aromatic N) is 2. The minimum atomic E-state index is 0.0850. The van der Waals surface area contributed by atoms with Crippen molar-refractivity contribution in [3.05, 3.63) is 29.3 Å². The summed E-state index contributed by atoms with van der Waals surface area (Å²) in [6.45, 7) is 12.2. The van der Waals surface area contributed by atoms with Gasteiger partial charge in [0, 0.05) is 55.3 Å². The van der Waals surface area contributed by atoms with E-state index in [1.165, 1.54) is 17.7 Å². The first-order valence-electron chi connectivity index (χ1n) is 10.8. The number of hydrogen-bond donors (Lipinski definition) is 2. The lowest BCUT2D eigenvalue weighted by molar-refractivity contribution is 0.0868. The predicted octanol–water partition coefficient (Wildman–Crippen LogP) is 3.59. The number of rotatable bonds is 4. The molecule has 5 atom stereocenters. The summed E-state index contributed by atoms with van der Waals surface area (Å²) in [4.78, 5) is 17.1. The SMILES string of the molecule is CCN(CC)C(=O)N[C@H]1C[C@@H]2c3cccc4c3[C@H](C[C@H]2N(CC)C1)C(C)N4. The molecule has 0 spiro atoms. The van der Waals surface area contributed by atoms with Crippen molar-refractivity contribution >= 4 is 11.7 Å². The topological polar surface area (TPSA) is 47.6 Å². The average Bonchev–Trinajstić information content (AvgIpc) is 2.99. The number of nitrogens with one attached hydrogen (secondary N) is 2. The second-order valence-corrected chi connectivity index (χ2v) is 8.40. The minimum Gasteiger partial charge on any atom is -0.382 e. The molecule has 148 valence electrons. The van der Waals surface area contributed by atoms with E-state index in [0.29, 0.717) is 23.9 Å². The van der Waals surface area contributed by atoms with Gasteiger partial charge >= 0.3 is 6.03 Å². The predicted molar refractivity (Wildman–Crippen MR) is 111 cm³/mol. The summed E-state index contributed by atoms with van der Waals surface area (Å²) in [5.41, 5.74) is 4.41. The molecule has 2 amide bonds. The van der Waals surface area contributed by atoms with Crippen molar-refractivity contribution in [3.63, 3.8) is 0 Å². The highest BCUT2D eigenvalue weighted by molar-refractivity contribution is 5.74. The molecule has 2 N–H and O–H groups in total. The standard InChI is InChI=1S/C22H34N4O/c1-5-25(6-2)22(27)24-15-11-18-16-9-8-10-19-21(16)17(14(4)23-19)12-20(18)26(7-3)13-15/h8-10,14-15,17-18,20,23H,5-7,11-13H2,1-4H3,(H,24,27)/t14?,15-,17+,18+,20+/m0/s1. The Labute approximate surface area is 163 Å². The molecule has 3 aliphatic rings. The summed E-state index contributed by atoms with van der Waals surface area (Å²) < 4.78 is 0. The van der Waals surface area contributed by atoms with Crippen molar-refractivity contribution < 1.29 is 4.79 Å². The van der Waals surface area contributed by atoms with Crippen molar-refractivity contribution in [1.29, 1.82) is 0 Å². The van der Waals surface area contributed by atoms with Gasteiger partial charge in [0.2, 0.25) is 0 Å². The van der Waals surface area contributed by atoms with Gasteiger partial charge in [-0.25, -0.2) is 4.79 Å². The number of amides is 2. The van der Waals surface area contributed by atoms with Gasteiger partial charge in [-0.3, -0.25) is 4.90 Å². The maximum absolute atomic E-state index is 12.6. The van der Waals surface area contributed by atoms with E-state index in [9.17, 15) is 4.79 Å². The largest absolute Gasteiger partial charge is 0.382 e. The van der Waals surface area contributed by atoms with Crippen molar-refractivity contribution in [2.75, 3.05) is 31.5 Å². The Morgan fingerprint density at radius 3 is 2.70 bits per heavy atom. The highest BCUT2D eigenvalue weighted by atomic mass is 16.2. The smallest absolute Gasteiger partial charge is 0.317 e. The first-order valence-corrected chi connectivity index (χ1v) is 10.8. The number of piperidine rings is 1. The number of anilines is 1. The number of likely N-dealkylation sites (N-methyl/N-ethyl adjacent to an activating group) is 1. The van der Waals surface area contributed by atoms with Crippen LogP contribution in [-0.4, -0.2) is 60.1 Å². The van der Waals surface area contributed by atoms with Crippen LogP contribution >= 0.6 is 0 Å². The van der Waals surface area contributed by atoms with Gasteiger partial charge < -0.3 is 15.5 Å². The molecule has 27 heavy (non-hydrogen) atoms. The summed E-state index contributed by atoms with van der Waals surface area (Å²) in [5, 5.41) is 7.03. The molecular formula is C22H34N4O. The van der Waals surface area contributed by atoms with Gasteiger partial charge in [-0.05, 0) is 57.4 Å². The van der Waals surface area contributed by atoms with Crippen LogP contribution in [0.3, 0.4) is 0 Å². The molecule has 1 saturated heterocycles. The number of carbonyl (C=O) groups excluding carboxylic acids is 1. The molecule has 2 heterocycles. The number of carbonyl (C=O) groups is 1. The Bertz CT molecular complexity index is 702. The number of fused-ring (bicyclic) bond motifs is 2. The van der Waals surface area contributed by atoms with Gasteiger partial charge in [0.1, 0.15) is 0 Å². The average molecular weight is 371 g/mol. The molecule has 5 heteroatoms. The monoisotopic (exact) mass is 370 g/mol. The van der Waals surface area contributed by atoms with Crippen LogP contribution in [0.2, 0.25) is 0 Å². The van der Waals surface area contributed by atoms with E-state index in [-0.39, 0.29) is 12.1 Å².